The molecule has 0 heterocycles. The van der Waals surface area contributed by atoms with Crippen molar-refractivity contribution in [1.82, 2.24) is 10.2 Å². The van der Waals surface area contributed by atoms with E-state index in [0.717, 1.165) is 17.8 Å². The number of nitrogens with zero attached hydrogens (tertiary/aromatic N) is 1. The van der Waals surface area contributed by atoms with Gasteiger partial charge in [-0.1, -0.05) is 30.4 Å². The maximum atomic E-state index is 12.7. The molecule has 0 spiro atoms. The number of carbonyl (C=O) groups is 2. The van der Waals surface area contributed by atoms with E-state index < -0.39 is 0 Å². The zero-order chi connectivity index (χ0) is 22.2. The molecule has 0 aliphatic heterocycles. The first-order valence-electron chi connectivity index (χ1n) is 10.3. The van der Waals surface area contributed by atoms with E-state index in [9.17, 15) is 9.59 Å². The third-order valence-corrected chi connectivity index (χ3v) is 5.00. The molecule has 1 atom stereocenters. The van der Waals surface area contributed by atoms with Gasteiger partial charge < -0.3 is 20.3 Å². The minimum absolute atomic E-state index is 0.0521. The summed E-state index contributed by atoms with van der Waals surface area (Å²) in [6.45, 7) is 1.22. The van der Waals surface area contributed by atoms with Crippen LogP contribution in [-0.4, -0.2) is 44.5 Å². The second-order valence-corrected chi connectivity index (χ2v) is 7.82. The molecular formula is C25H29N3O3. The normalized spacial score (nSPS) is 15.4. The van der Waals surface area contributed by atoms with Gasteiger partial charge in [0.15, 0.2) is 0 Å². The lowest BCUT2D eigenvalue weighted by Gasteiger charge is -2.17. The SMILES string of the molecule is COc1ccc(C(=O)NCC2=CC(C(=O)Nc3ccc(CN(C)C)cc3)CC=C2)cc1. The van der Waals surface area contributed by atoms with Crippen LogP contribution in [0.4, 0.5) is 5.69 Å². The van der Waals surface area contributed by atoms with Gasteiger partial charge in [0.1, 0.15) is 5.75 Å². The fraction of sp³-hybridized carbons (Fsp3) is 0.280. The summed E-state index contributed by atoms with van der Waals surface area (Å²) in [4.78, 5) is 27.1. The minimum Gasteiger partial charge on any atom is -0.497 e. The molecule has 2 amide bonds. The average molecular weight is 420 g/mol. The van der Waals surface area contributed by atoms with Gasteiger partial charge in [-0.25, -0.2) is 0 Å². The lowest BCUT2D eigenvalue weighted by Crippen LogP contribution is -2.27. The second kappa shape index (κ2) is 10.6. The van der Waals surface area contributed by atoms with Crippen molar-refractivity contribution in [2.45, 2.75) is 13.0 Å². The van der Waals surface area contributed by atoms with Crippen molar-refractivity contribution < 1.29 is 14.3 Å². The van der Waals surface area contributed by atoms with Gasteiger partial charge >= 0.3 is 0 Å². The van der Waals surface area contributed by atoms with Crippen molar-refractivity contribution in [3.05, 3.63) is 83.5 Å². The number of allylic oxidation sites excluding steroid dienone is 1. The Morgan fingerprint density at radius 3 is 2.42 bits per heavy atom. The van der Waals surface area contributed by atoms with Crippen LogP contribution >= 0.6 is 0 Å². The van der Waals surface area contributed by atoms with E-state index in [1.165, 1.54) is 5.56 Å². The summed E-state index contributed by atoms with van der Waals surface area (Å²) in [6.07, 6.45) is 6.48. The van der Waals surface area contributed by atoms with Crippen molar-refractivity contribution in [3.63, 3.8) is 0 Å². The molecule has 1 aliphatic carbocycles. The lowest BCUT2D eigenvalue weighted by molar-refractivity contribution is -0.118. The van der Waals surface area contributed by atoms with E-state index >= 15 is 0 Å². The molecule has 1 unspecified atom stereocenters. The zero-order valence-electron chi connectivity index (χ0n) is 18.2. The summed E-state index contributed by atoms with van der Waals surface area (Å²) in [5.41, 5.74) is 3.45. The molecule has 2 N–H and O–H groups in total. The van der Waals surface area contributed by atoms with Gasteiger partial charge in [-0.2, -0.15) is 0 Å². The fourth-order valence-electron chi connectivity index (χ4n) is 3.37. The highest BCUT2D eigenvalue weighted by Crippen LogP contribution is 2.20. The molecule has 0 bridgehead atoms. The second-order valence-electron chi connectivity index (χ2n) is 7.82. The standard InChI is InChI=1S/C25H29N3O3/c1-28(2)17-18-7-11-22(12-8-18)27-25(30)21-6-4-5-19(15-21)16-26-24(29)20-9-13-23(31-3)14-10-20/h4-5,7-15,21H,6,16-17H2,1-3H3,(H,26,29)(H,27,30). The highest BCUT2D eigenvalue weighted by atomic mass is 16.5. The summed E-state index contributed by atoms with van der Waals surface area (Å²) in [6, 6.07) is 14.8. The van der Waals surface area contributed by atoms with Gasteiger partial charge in [0.25, 0.3) is 5.91 Å². The van der Waals surface area contributed by atoms with Crippen LogP contribution in [0.3, 0.4) is 0 Å². The van der Waals surface area contributed by atoms with E-state index in [4.69, 9.17) is 4.74 Å². The van der Waals surface area contributed by atoms with Crippen molar-refractivity contribution >= 4 is 17.5 Å². The van der Waals surface area contributed by atoms with Crippen molar-refractivity contribution in [2.75, 3.05) is 33.1 Å². The van der Waals surface area contributed by atoms with Gasteiger partial charge in [-0.15, -0.1) is 0 Å². The third-order valence-electron chi connectivity index (χ3n) is 5.00. The van der Waals surface area contributed by atoms with E-state index in [0.29, 0.717) is 24.3 Å². The molecule has 2 aromatic rings. The minimum atomic E-state index is -0.264. The summed E-state index contributed by atoms with van der Waals surface area (Å²) in [5, 5.41) is 5.89. The molecule has 0 radical (unpaired) electrons. The van der Waals surface area contributed by atoms with Crippen LogP contribution in [0.5, 0.6) is 5.75 Å². The molecule has 6 heteroatoms. The number of rotatable bonds is 8. The molecular weight excluding hydrogens is 390 g/mol. The largest absolute Gasteiger partial charge is 0.497 e. The number of benzene rings is 2. The number of amides is 2. The molecule has 2 aromatic carbocycles. The molecule has 0 saturated heterocycles. The van der Waals surface area contributed by atoms with Crippen LogP contribution in [-0.2, 0) is 11.3 Å². The van der Waals surface area contributed by atoms with Crippen LogP contribution in [0.15, 0.2) is 72.3 Å². The molecule has 0 aromatic heterocycles. The first-order valence-corrected chi connectivity index (χ1v) is 10.3. The van der Waals surface area contributed by atoms with Crippen LogP contribution < -0.4 is 15.4 Å². The van der Waals surface area contributed by atoms with Crippen molar-refractivity contribution in [2.24, 2.45) is 5.92 Å². The first-order chi connectivity index (χ1) is 14.9. The number of nitrogens with one attached hydrogen (secondary N) is 2. The number of ether oxygens (including phenoxy) is 1. The summed E-state index contributed by atoms with van der Waals surface area (Å²) < 4.78 is 5.11. The average Bonchev–Trinajstić information content (AvgIpc) is 2.78. The lowest BCUT2D eigenvalue weighted by atomic mass is 9.95. The Bertz CT molecular complexity index is 961. The Labute approximate surface area is 183 Å². The van der Waals surface area contributed by atoms with Gasteiger partial charge in [-0.3, -0.25) is 9.59 Å². The third kappa shape index (κ3) is 6.55. The Morgan fingerprint density at radius 1 is 1.06 bits per heavy atom. The van der Waals surface area contributed by atoms with Crippen molar-refractivity contribution in [1.29, 1.82) is 0 Å². The Hall–Kier alpha value is -3.38. The smallest absolute Gasteiger partial charge is 0.251 e. The topological polar surface area (TPSA) is 70.7 Å². The summed E-state index contributed by atoms with van der Waals surface area (Å²) in [7, 11) is 5.63. The molecule has 162 valence electrons. The molecule has 0 fully saturated rings. The van der Waals surface area contributed by atoms with Gasteiger partial charge in [0.05, 0.1) is 13.0 Å². The molecule has 3 rings (SSSR count). The molecule has 31 heavy (non-hydrogen) atoms. The van der Waals surface area contributed by atoms with Crippen LogP contribution in [0.1, 0.15) is 22.3 Å². The van der Waals surface area contributed by atoms with Gasteiger partial charge in [0, 0.05) is 24.3 Å². The first kappa shape index (κ1) is 22.3. The number of methoxy groups -OCH3 is 1. The predicted molar refractivity (Wildman–Crippen MR) is 123 cm³/mol. The van der Waals surface area contributed by atoms with Gasteiger partial charge in [0.2, 0.25) is 5.91 Å². The van der Waals surface area contributed by atoms with E-state index in [-0.39, 0.29) is 17.7 Å². The van der Waals surface area contributed by atoms with Crippen LogP contribution in [0.2, 0.25) is 0 Å². The fourth-order valence-corrected chi connectivity index (χ4v) is 3.37. The predicted octanol–water partition coefficient (Wildman–Crippen LogP) is 3.63. The zero-order valence-corrected chi connectivity index (χ0v) is 18.2. The van der Waals surface area contributed by atoms with Crippen LogP contribution in [0, 0.1) is 5.92 Å². The van der Waals surface area contributed by atoms with Gasteiger partial charge in [-0.05, 0) is 68.1 Å². The number of hydrogen-bond donors (Lipinski definition) is 2. The van der Waals surface area contributed by atoms with E-state index in [2.05, 4.69) is 15.5 Å². The summed E-state index contributed by atoms with van der Waals surface area (Å²) in [5.74, 6) is 0.222. The monoisotopic (exact) mass is 419 g/mol. The van der Waals surface area contributed by atoms with Crippen molar-refractivity contribution in [3.8, 4) is 5.75 Å². The molecule has 6 nitrogen and oxygen atoms in total. The number of hydrogen-bond acceptors (Lipinski definition) is 4. The highest BCUT2D eigenvalue weighted by Gasteiger charge is 2.18. The Kier molecular flexibility index (Phi) is 7.62. The maximum Gasteiger partial charge on any atom is 0.251 e. The number of carbonyl (C=O) groups excluding carboxylic acids is 2. The highest BCUT2D eigenvalue weighted by molar-refractivity contribution is 5.95. The number of anilines is 1. The molecule has 0 saturated carbocycles. The Morgan fingerprint density at radius 2 is 1.77 bits per heavy atom. The van der Waals surface area contributed by atoms with E-state index in [1.54, 1.807) is 31.4 Å². The van der Waals surface area contributed by atoms with E-state index in [1.807, 2.05) is 56.6 Å². The Balaban J connectivity index is 1.54. The molecule has 1 aliphatic rings. The van der Waals surface area contributed by atoms with Crippen LogP contribution in [0.25, 0.3) is 0 Å². The summed E-state index contributed by atoms with van der Waals surface area (Å²) >= 11 is 0. The quantitative estimate of drug-likeness (QED) is 0.686. The maximum absolute atomic E-state index is 12.7.